The van der Waals surface area contributed by atoms with E-state index >= 15 is 0 Å². The maximum atomic E-state index is 11.1. The zero-order chi connectivity index (χ0) is 11.3. The smallest absolute Gasteiger partial charge is 0.136 e. The Morgan fingerprint density at radius 1 is 1.20 bits per heavy atom. The van der Waals surface area contributed by atoms with Crippen LogP contribution in [0.1, 0.15) is 30.9 Å². The largest absolute Gasteiger partial charge is 0.493 e. The molecule has 0 aliphatic heterocycles. The van der Waals surface area contributed by atoms with Crippen molar-refractivity contribution >= 4 is 5.78 Å². The molecule has 0 spiro atoms. The number of ether oxygens (including phenoxy) is 1. The van der Waals surface area contributed by atoms with Gasteiger partial charge in [-0.2, -0.15) is 0 Å². The molecule has 0 aliphatic rings. The lowest BCUT2D eigenvalue weighted by Crippen LogP contribution is -2.05. The maximum absolute atomic E-state index is 11.1. The Hall–Kier alpha value is -1.31. The lowest BCUT2D eigenvalue weighted by Gasteiger charge is -2.07. The number of Topliss-reactive ketones (excluding diaryl/α,β-unsaturated/α-hetero) is 1. The fraction of sp³-hybridized carbons (Fsp3) is 0.462. The second-order valence-corrected chi connectivity index (χ2v) is 3.81. The molecule has 0 fully saturated rings. The van der Waals surface area contributed by atoms with Crippen molar-refractivity contribution in [2.75, 3.05) is 6.61 Å². The highest BCUT2D eigenvalue weighted by Gasteiger charge is 2.00. The second kappa shape index (κ2) is 5.54. The van der Waals surface area contributed by atoms with Gasteiger partial charge in [-0.1, -0.05) is 13.0 Å². The minimum Gasteiger partial charge on any atom is -0.493 e. The zero-order valence-corrected chi connectivity index (χ0v) is 9.67. The molecule has 1 rings (SSSR count). The molecule has 1 aromatic rings. The Labute approximate surface area is 91.3 Å². The molecular weight excluding hydrogens is 188 g/mol. The summed E-state index contributed by atoms with van der Waals surface area (Å²) >= 11 is 0. The van der Waals surface area contributed by atoms with Gasteiger partial charge in [0.05, 0.1) is 6.61 Å². The van der Waals surface area contributed by atoms with Crippen LogP contribution in [0.5, 0.6) is 5.75 Å². The van der Waals surface area contributed by atoms with Crippen molar-refractivity contribution in [3.8, 4) is 5.75 Å². The Kier molecular flexibility index (Phi) is 4.35. The molecule has 0 saturated carbocycles. The Morgan fingerprint density at radius 3 is 2.33 bits per heavy atom. The molecule has 82 valence electrons. The van der Waals surface area contributed by atoms with Gasteiger partial charge in [0.1, 0.15) is 11.5 Å². The minimum absolute atomic E-state index is 0.249. The van der Waals surface area contributed by atoms with Crippen LogP contribution in [0.25, 0.3) is 0 Å². The molecule has 0 aromatic heterocycles. The van der Waals surface area contributed by atoms with E-state index in [-0.39, 0.29) is 5.78 Å². The van der Waals surface area contributed by atoms with Crippen LogP contribution >= 0.6 is 0 Å². The summed E-state index contributed by atoms with van der Waals surface area (Å²) in [6, 6.07) is 6.08. The van der Waals surface area contributed by atoms with E-state index in [2.05, 4.69) is 6.07 Å². The van der Waals surface area contributed by atoms with Gasteiger partial charge in [-0.3, -0.25) is 4.79 Å². The Morgan fingerprint density at radius 2 is 1.80 bits per heavy atom. The van der Waals surface area contributed by atoms with Gasteiger partial charge in [-0.25, -0.2) is 0 Å². The fourth-order valence-corrected chi connectivity index (χ4v) is 1.48. The highest BCUT2D eigenvalue weighted by atomic mass is 16.5. The first kappa shape index (κ1) is 11.8. The first-order chi connectivity index (χ1) is 7.11. The molecule has 0 atom stereocenters. The minimum atomic E-state index is 0.249. The van der Waals surface area contributed by atoms with Crippen LogP contribution in [0.3, 0.4) is 0 Å². The molecule has 0 radical (unpaired) electrons. The van der Waals surface area contributed by atoms with Gasteiger partial charge in [0.25, 0.3) is 0 Å². The third-order valence-corrected chi connectivity index (χ3v) is 2.24. The molecule has 0 aliphatic carbocycles. The average Bonchev–Trinajstić information content (AvgIpc) is 2.16. The van der Waals surface area contributed by atoms with Crippen LogP contribution in [-0.4, -0.2) is 12.4 Å². The van der Waals surface area contributed by atoms with E-state index < -0.39 is 0 Å². The normalized spacial score (nSPS) is 10.1. The van der Waals surface area contributed by atoms with Gasteiger partial charge >= 0.3 is 0 Å². The summed E-state index contributed by atoms with van der Waals surface area (Å²) in [5.74, 6) is 1.11. The van der Waals surface area contributed by atoms with Crippen molar-refractivity contribution in [2.24, 2.45) is 0 Å². The van der Waals surface area contributed by atoms with Crippen LogP contribution in [0.15, 0.2) is 18.2 Å². The number of rotatable bonds is 5. The van der Waals surface area contributed by atoms with Gasteiger partial charge in [0.2, 0.25) is 0 Å². The van der Waals surface area contributed by atoms with Gasteiger partial charge in [0, 0.05) is 12.8 Å². The van der Waals surface area contributed by atoms with Crippen molar-refractivity contribution in [1.82, 2.24) is 0 Å². The molecule has 2 heteroatoms. The van der Waals surface area contributed by atoms with Crippen molar-refractivity contribution in [3.05, 3.63) is 29.3 Å². The third kappa shape index (κ3) is 4.15. The molecule has 1 aromatic carbocycles. The fourth-order valence-electron chi connectivity index (χ4n) is 1.48. The van der Waals surface area contributed by atoms with Crippen LogP contribution in [0.4, 0.5) is 0 Å². The first-order valence-corrected chi connectivity index (χ1v) is 5.34. The predicted octanol–water partition coefficient (Wildman–Crippen LogP) is 3.05. The standard InChI is InChI=1S/C13H18O2/c1-4-12(14)5-6-15-13-8-10(2)7-11(3)9-13/h7-9H,4-6H2,1-3H3. The summed E-state index contributed by atoms with van der Waals surface area (Å²) < 4.78 is 5.52. The quantitative estimate of drug-likeness (QED) is 0.740. The van der Waals surface area contributed by atoms with E-state index in [0.717, 1.165) is 5.75 Å². The number of hydrogen-bond acceptors (Lipinski definition) is 2. The summed E-state index contributed by atoms with van der Waals surface area (Å²) in [4.78, 5) is 11.1. The maximum Gasteiger partial charge on any atom is 0.136 e. The molecule has 0 amide bonds. The van der Waals surface area contributed by atoms with E-state index in [1.54, 1.807) is 0 Å². The van der Waals surface area contributed by atoms with Gasteiger partial charge < -0.3 is 4.74 Å². The summed E-state index contributed by atoms with van der Waals surface area (Å²) in [5, 5.41) is 0. The average molecular weight is 206 g/mol. The van der Waals surface area contributed by atoms with Crippen LogP contribution in [0.2, 0.25) is 0 Å². The number of ketones is 1. The number of carbonyl (C=O) groups excluding carboxylic acids is 1. The lowest BCUT2D eigenvalue weighted by molar-refractivity contribution is -0.119. The van der Waals surface area contributed by atoms with Crippen LogP contribution in [0, 0.1) is 13.8 Å². The van der Waals surface area contributed by atoms with Crippen LogP contribution in [-0.2, 0) is 4.79 Å². The number of aryl methyl sites for hydroxylation is 2. The van der Waals surface area contributed by atoms with Crippen molar-refractivity contribution in [3.63, 3.8) is 0 Å². The lowest BCUT2D eigenvalue weighted by atomic mass is 10.1. The summed E-state index contributed by atoms with van der Waals surface area (Å²) in [6.07, 6.45) is 1.10. The SMILES string of the molecule is CCC(=O)CCOc1cc(C)cc(C)c1. The third-order valence-electron chi connectivity index (χ3n) is 2.24. The first-order valence-electron chi connectivity index (χ1n) is 5.34. The topological polar surface area (TPSA) is 26.3 Å². The molecule has 0 N–H and O–H groups in total. The summed E-state index contributed by atoms with van der Waals surface area (Å²) in [6.45, 7) is 6.43. The monoisotopic (exact) mass is 206 g/mol. The molecule has 0 saturated heterocycles. The van der Waals surface area contributed by atoms with Crippen molar-refractivity contribution < 1.29 is 9.53 Å². The molecule has 0 heterocycles. The van der Waals surface area contributed by atoms with Crippen LogP contribution < -0.4 is 4.74 Å². The van der Waals surface area contributed by atoms with E-state index in [1.165, 1.54) is 11.1 Å². The zero-order valence-electron chi connectivity index (χ0n) is 9.67. The molecule has 0 bridgehead atoms. The van der Waals surface area contributed by atoms with Crippen molar-refractivity contribution in [2.45, 2.75) is 33.6 Å². The Balaban J connectivity index is 2.47. The molecule has 2 nitrogen and oxygen atoms in total. The predicted molar refractivity (Wildman–Crippen MR) is 61.3 cm³/mol. The van der Waals surface area contributed by atoms with Crippen molar-refractivity contribution in [1.29, 1.82) is 0 Å². The van der Waals surface area contributed by atoms with E-state index in [1.807, 2.05) is 32.9 Å². The Bertz CT molecular complexity index is 322. The van der Waals surface area contributed by atoms with Gasteiger partial charge in [-0.05, 0) is 37.1 Å². The summed E-state index contributed by atoms with van der Waals surface area (Å²) in [7, 11) is 0. The summed E-state index contributed by atoms with van der Waals surface area (Å²) in [5.41, 5.74) is 2.37. The molecular formula is C13H18O2. The van der Waals surface area contributed by atoms with E-state index in [0.29, 0.717) is 19.4 Å². The van der Waals surface area contributed by atoms with E-state index in [9.17, 15) is 4.79 Å². The second-order valence-electron chi connectivity index (χ2n) is 3.81. The van der Waals surface area contributed by atoms with E-state index in [4.69, 9.17) is 4.74 Å². The highest BCUT2D eigenvalue weighted by Crippen LogP contribution is 2.16. The number of hydrogen-bond donors (Lipinski definition) is 0. The molecule has 0 unspecified atom stereocenters. The van der Waals surface area contributed by atoms with Gasteiger partial charge in [0.15, 0.2) is 0 Å². The molecule has 15 heavy (non-hydrogen) atoms. The highest BCUT2D eigenvalue weighted by molar-refractivity contribution is 5.78. The number of benzene rings is 1. The van der Waals surface area contributed by atoms with Gasteiger partial charge in [-0.15, -0.1) is 0 Å². The number of carbonyl (C=O) groups is 1.